The van der Waals surface area contributed by atoms with Gasteiger partial charge in [-0.1, -0.05) is 49.4 Å². The Labute approximate surface area is 229 Å². The first-order valence-corrected chi connectivity index (χ1v) is 14.4. The lowest BCUT2D eigenvalue weighted by molar-refractivity contribution is -0.143. The Morgan fingerprint density at radius 2 is 1.95 bits per heavy atom. The van der Waals surface area contributed by atoms with Crippen molar-refractivity contribution in [1.29, 1.82) is 0 Å². The number of nitrogens with zero attached hydrogens (tertiary/aromatic N) is 1. The number of benzene rings is 1. The first-order chi connectivity index (χ1) is 18.3. The zero-order valence-corrected chi connectivity index (χ0v) is 22.7. The summed E-state index contributed by atoms with van der Waals surface area (Å²) in [6.07, 6.45) is 9.16. The lowest BCUT2D eigenvalue weighted by atomic mass is 9.58. The SMILES string of the molecule is CC/C(=C\c1ccc(O)cc1Cl)CC[C@H]1OB(O)C[C@H]2C1=C(CO)C[C@H]1C(=O)N(C3CCCCC3)C(=O)[C@H]12. The van der Waals surface area contributed by atoms with Crippen molar-refractivity contribution in [3.05, 3.63) is 45.5 Å². The van der Waals surface area contributed by atoms with Crippen LogP contribution in [0.2, 0.25) is 11.3 Å². The molecule has 0 spiro atoms. The van der Waals surface area contributed by atoms with Gasteiger partial charge in [-0.25, -0.2) is 0 Å². The average Bonchev–Trinajstić information content (AvgIpc) is 3.16. The molecule has 0 radical (unpaired) electrons. The summed E-state index contributed by atoms with van der Waals surface area (Å²) >= 11 is 6.31. The third-order valence-corrected chi connectivity index (χ3v) is 9.33. The number of phenols is 1. The van der Waals surface area contributed by atoms with E-state index in [2.05, 4.69) is 6.92 Å². The number of allylic oxidation sites excluding steroid dienone is 1. The van der Waals surface area contributed by atoms with Crippen LogP contribution in [0.1, 0.15) is 70.3 Å². The minimum Gasteiger partial charge on any atom is -0.508 e. The van der Waals surface area contributed by atoms with Crippen LogP contribution >= 0.6 is 11.6 Å². The van der Waals surface area contributed by atoms with Gasteiger partial charge in [0.05, 0.1) is 29.6 Å². The lowest BCUT2D eigenvalue weighted by Crippen LogP contribution is -2.47. The Morgan fingerprint density at radius 1 is 1.18 bits per heavy atom. The molecule has 0 aromatic heterocycles. The molecule has 2 saturated heterocycles. The van der Waals surface area contributed by atoms with Gasteiger partial charge in [-0.05, 0) is 85.7 Å². The second-order valence-corrected chi connectivity index (χ2v) is 11.6. The van der Waals surface area contributed by atoms with Crippen LogP contribution in [0.25, 0.3) is 6.08 Å². The molecule has 2 heterocycles. The van der Waals surface area contributed by atoms with Gasteiger partial charge in [0.2, 0.25) is 11.8 Å². The first-order valence-electron chi connectivity index (χ1n) is 14.0. The molecular formula is C29H37BClNO6. The Kier molecular flexibility index (Phi) is 8.34. The van der Waals surface area contributed by atoms with E-state index in [0.717, 1.165) is 60.8 Å². The molecule has 3 fully saturated rings. The summed E-state index contributed by atoms with van der Waals surface area (Å²) in [6, 6.07) is 4.86. The summed E-state index contributed by atoms with van der Waals surface area (Å²) in [7, 11) is -1.03. The fourth-order valence-electron chi connectivity index (χ4n) is 7.15. The number of carbonyl (C=O) groups excluding carboxylic acids is 2. The number of amides is 2. The van der Waals surface area contributed by atoms with E-state index >= 15 is 0 Å². The minimum atomic E-state index is -1.03. The van der Waals surface area contributed by atoms with Crippen molar-refractivity contribution in [2.24, 2.45) is 17.8 Å². The number of halogens is 1. The van der Waals surface area contributed by atoms with Gasteiger partial charge in [-0.3, -0.25) is 14.5 Å². The van der Waals surface area contributed by atoms with Crippen LogP contribution in [0.4, 0.5) is 0 Å². The summed E-state index contributed by atoms with van der Waals surface area (Å²) in [4.78, 5) is 28.8. The van der Waals surface area contributed by atoms with Crippen LogP contribution in [0.15, 0.2) is 34.9 Å². The Balaban J connectivity index is 1.39. The van der Waals surface area contributed by atoms with Gasteiger partial charge < -0.3 is 19.9 Å². The topological polar surface area (TPSA) is 107 Å². The van der Waals surface area contributed by atoms with Gasteiger partial charge in [-0.2, -0.15) is 0 Å². The fraction of sp³-hybridized carbons (Fsp3) is 0.586. The second kappa shape index (κ2) is 11.5. The maximum atomic E-state index is 13.7. The van der Waals surface area contributed by atoms with E-state index in [1.165, 1.54) is 6.07 Å². The van der Waals surface area contributed by atoms with Crippen molar-refractivity contribution < 1.29 is 29.5 Å². The molecule has 4 atom stereocenters. The predicted octanol–water partition coefficient (Wildman–Crippen LogP) is 4.74. The van der Waals surface area contributed by atoms with Gasteiger partial charge in [0.15, 0.2) is 0 Å². The largest absolute Gasteiger partial charge is 0.508 e. The number of phenolic OH excluding ortho intramolecular Hbond substituents is 1. The number of aromatic hydroxyl groups is 1. The smallest absolute Gasteiger partial charge is 0.455 e. The summed E-state index contributed by atoms with van der Waals surface area (Å²) in [5, 5.41) is 31.2. The molecule has 2 amide bonds. The third-order valence-electron chi connectivity index (χ3n) is 9.00. The number of fused-ring (bicyclic) bond motifs is 3. The van der Waals surface area contributed by atoms with Gasteiger partial charge in [-0.15, -0.1) is 0 Å². The summed E-state index contributed by atoms with van der Waals surface area (Å²) in [5.74, 6) is -1.36. The maximum absolute atomic E-state index is 13.7. The van der Waals surface area contributed by atoms with Crippen LogP contribution in [0.3, 0.4) is 0 Å². The Hall–Kier alpha value is -2.13. The second-order valence-electron chi connectivity index (χ2n) is 11.2. The lowest BCUT2D eigenvalue weighted by Gasteiger charge is -2.43. The van der Waals surface area contributed by atoms with E-state index in [9.17, 15) is 24.8 Å². The van der Waals surface area contributed by atoms with E-state index in [-0.39, 0.29) is 42.5 Å². The summed E-state index contributed by atoms with van der Waals surface area (Å²) in [5.41, 5.74) is 3.64. The minimum absolute atomic E-state index is 0.0279. The monoisotopic (exact) mass is 541 g/mol. The Morgan fingerprint density at radius 3 is 2.63 bits per heavy atom. The average molecular weight is 542 g/mol. The molecule has 38 heavy (non-hydrogen) atoms. The molecule has 2 aliphatic heterocycles. The molecular weight excluding hydrogens is 505 g/mol. The van der Waals surface area contributed by atoms with E-state index in [0.29, 0.717) is 24.3 Å². The van der Waals surface area contributed by atoms with E-state index in [4.69, 9.17) is 16.3 Å². The number of aliphatic hydroxyl groups is 1. The highest BCUT2D eigenvalue weighted by Gasteiger charge is 2.58. The summed E-state index contributed by atoms with van der Waals surface area (Å²) in [6.45, 7) is 1.88. The molecule has 7 nitrogen and oxygen atoms in total. The van der Waals surface area contributed by atoms with E-state index in [1.54, 1.807) is 17.0 Å². The molecule has 9 heteroatoms. The number of carbonyl (C=O) groups is 2. The van der Waals surface area contributed by atoms with Crippen molar-refractivity contribution in [3.63, 3.8) is 0 Å². The van der Waals surface area contributed by atoms with Crippen molar-refractivity contribution in [1.82, 2.24) is 4.90 Å². The van der Waals surface area contributed by atoms with Crippen LogP contribution in [-0.2, 0) is 14.2 Å². The van der Waals surface area contributed by atoms with Gasteiger partial charge >= 0.3 is 7.12 Å². The van der Waals surface area contributed by atoms with Gasteiger partial charge in [0.1, 0.15) is 5.75 Å². The zero-order chi connectivity index (χ0) is 27.0. The highest BCUT2D eigenvalue weighted by atomic mass is 35.5. The Bertz CT molecular complexity index is 1150. The highest BCUT2D eigenvalue weighted by Crippen LogP contribution is 2.51. The zero-order valence-electron chi connectivity index (χ0n) is 21.9. The van der Waals surface area contributed by atoms with Crippen molar-refractivity contribution in [3.8, 4) is 5.75 Å². The molecule has 1 aromatic rings. The standard InChI is InChI=1S/C29H37BClNO6/c1-2-17(12-18-9-10-21(34)14-24(18)31)8-11-25-26-19(16-33)13-22-27(23(26)15-30(37)38-25)29(36)32(28(22)35)20-6-4-3-5-7-20/h9-10,12,14,20,22-23,25,27,33-34,37H,2-8,11,13,15-16H2,1H3/b17-12+/t22-,23+,25-,27-/m1/s1. The third kappa shape index (κ3) is 5.20. The normalized spacial score (nSPS) is 28.7. The number of likely N-dealkylation sites (tertiary alicyclic amines) is 1. The molecule has 1 aromatic carbocycles. The van der Waals surface area contributed by atoms with Crippen molar-refractivity contribution >= 4 is 36.6 Å². The molecule has 5 rings (SSSR count). The number of imide groups is 1. The van der Waals surface area contributed by atoms with Crippen molar-refractivity contribution in [2.75, 3.05) is 6.61 Å². The van der Waals surface area contributed by atoms with Crippen molar-refractivity contribution in [2.45, 2.75) is 83.2 Å². The molecule has 2 aliphatic carbocycles. The molecule has 204 valence electrons. The molecule has 4 aliphatic rings. The molecule has 0 bridgehead atoms. The van der Waals surface area contributed by atoms with Gasteiger partial charge in [0.25, 0.3) is 0 Å². The van der Waals surface area contributed by atoms with Crippen LogP contribution < -0.4 is 0 Å². The first kappa shape index (κ1) is 27.4. The number of rotatable bonds is 7. The number of hydrogen-bond acceptors (Lipinski definition) is 6. The number of aliphatic hydroxyl groups excluding tert-OH is 1. The van der Waals surface area contributed by atoms with Crippen LogP contribution in [0.5, 0.6) is 5.75 Å². The van der Waals surface area contributed by atoms with Gasteiger partial charge in [0, 0.05) is 6.04 Å². The quantitative estimate of drug-likeness (QED) is 0.261. The van der Waals surface area contributed by atoms with Crippen LogP contribution in [-0.4, -0.2) is 57.8 Å². The fourth-order valence-corrected chi connectivity index (χ4v) is 7.38. The maximum Gasteiger partial charge on any atom is 0.455 e. The molecule has 1 saturated carbocycles. The highest BCUT2D eigenvalue weighted by molar-refractivity contribution is 6.43. The molecule has 0 unspecified atom stereocenters. The van der Waals surface area contributed by atoms with E-state index in [1.807, 2.05) is 6.08 Å². The molecule has 3 N–H and O–H groups in total. The van der Waals surface area contributed by atoms with Crippen LogP contribution in [0, 0.1) is 17.8 Å². The predicted molar refractivity (Wildman–Crippen MR) is 146 cm³/mol. The summed E-state index contributed by atoms with van der Waals surface area (Å²) < 4.78 is 6.02. The number of hydrogen-bond donors (Lipinski definition) is 3. The van der Waals surface area contributed by atoms with E-state index < -0.39 is 25.1 Å².